The summed E-state index contributed by atoms with van der Waals surface area (Å²) in [7, 11) is 1.34. The Morgan fingerprint density at radius 3 is 2.70 bits per heavy atom. The van der Waals surface area contributed by atoms with Gasteiger partial charge in [0, 0.05) is 23.7 Å². The van der Waals surface area contributed by atoms with Gasteiger partial charge in [0.25, 0.3) is 11.7 Å². The molecule has 0 fully saturated rings. The van der Waals surface area contributed by atoms with Gasteiger partial charge in [0.05, 0.1) is 12.7 Å². The van der Waals surface area contributed by atoms with E-state index < -0.39 is 17.8 Å². The molecule has 142 valence electrons. The van der Waals surface area contributed by atoms with Gasteiger partial charge >= 0.3 is 6.09 Å². The molecule has 0 radical (unpaired) electrons. The van der Waals surface area contributed by atoms with E-state index in [0.29, 0.717) is 37.0 Å². The molecule has 0 saturated heterocycles. The van der Waals surface area contributed by atoms with Crippen molar-refractivity contribution < 1.29 is 23.1 Å². The Kier molecular flexibility index (Phi) is 5.95. The summed E-state index contributed by atoms with van der Waals surface area (Å²) >= 11 is 0.341. The molecule has 8 heteroatoms. The van der Waals surface area contributed by atoms with Gasteiger partial charge in [0.1, 0.15) is 0 Å². The second kappa shape index (κ2) is 8.39. The van der Waals surface area contributed by atoms with Crippen LogP contribution in [0.15, 0.2) is 47.4 Å². The Morgan fingerprint density at radius 1 is 1.19 bits per heavy atom. The van der Waals surface area contributed by atoms with Gasteiger partial charge in [-0.15, -0.1) is 0 Å². The van der Waals surface area contributed by atoms with Gasteiger partial charge in [-0.05, 0) is 41.8 Å². The maximum Gasteiger partial charge on any atom is 0.409 e. The lowest BCUT2D eigenvalue weighted by Crippen LogP contribution is -2.35. The number of alkyl halides is 2. The quantitative estimate of drug-likeness (QED) is 0.785. The molecular weight excluding hydrogens is 374 g/mol. The summed E-state index contributed by atoms with van der Waals surface area (Å²) in [6.45, 7) is 0.965. The number of halogens is 2. The molecule has 2 aromatic rings. The Bertz CT molecular complexity index is 861. The molecule has 0 aliphatic carbocycles. The number of carbonyl (C=O) groups is 2. The van der Waals surface area contributed by atoms with Crippen molar-refractivity contribution in [1.82, 2.24) is 4.90 Å². The monoisotopic (exact) mass is 392 g/mol. The largest absolute Gasteiger partial charge is 0.453 e. The van der Waals surface area contributed by atoms with Gasteiger partial charge in [-0.3, -0.25) is 4.79 Å². The summed E-state index contributed by atoms with van der Waals surface area (Å²) in [5.41, 5.74) is 2.75. The van der Waals surface area contributed by atoms with Crippen LogP contribution in [0.25, 0.3) is 0 Å². The summed E-state index contributed by atoms with van der Waals surface area (Å²) in [5.74, 6) is -3.06. The van der Waals surface area contributed by atoms with Crippen LogP contribution in [0, 0.1) is 0 Å². The SMILES string of the molecule is COC(=O)N1CCc2ccc(NC(=O)c3ccccc3SC(F)F)cc2C1. The van der Waals surface area contributed by atoms with Gasteiger partial charge < -0.3 is 15.0 Å². The number of fused-ring (bicyclic) bond motifs is 1. The highest BCUT2D eigenvalue weighted by atomic mass is 32.2. The predicted molar refractivity (Wildman–Crippen MR) is 99.2 cm³/mol. The first kappa shape index (κ1) is 19.2. The van der Waals surface area contributed by atoms with Crippen LogP contribution in [-0.4, -0.2) is 36.3 Å². The minimum absolute atomic E-state index is 0.191. The minimum atomic E-state index is -2.60. The fraction of sp³-hybridized carbons (Fsp3) is 0.263. The molecule has 3 rings (SSSR count). The molecule has 1 aliphatic heterocycles. The van der Waals surface area contributed by atoms with Crippen LogP contribution in [0.4, 0.5) is 19.3 Å². The molecule has 1 aliphatic rings. The summed E-state index contributed by atoms with van der Waals surface area (Å²) < 4.78 is 30.2. The number of thioether (sulfide) groups is 1. The average molecular weight is 392 g/mol. The van der Waals surface area contributed by atoms with E-state index in [1.54, 1.807) is 29.2 Å². The van der Waals surface area contributed by atoms with Gasteiger partial charge in [0.15, 0.2) is 0 Å². The average Bonchev–Trinajstić information content (AvgIpc) is 2.66. The Labute approximate surface area is 159 Å². The molecule has 5 nitrogen and oxygen atoms in total. The van der Waals surface area contributed by atoms with E-state index in [0.717, 1.165) is 11.1 Å². The van der Waals surface area contributed by atoms with Gasteiger partial charge in [-0.25, -0.2) is 4.79 Å². The van der Waals surface area contributed by atoms with E-state index in [2.05, 4.69) is 5.32 Å². The first-order chi connectivity index (χ1) is 13.0. The van der Waals surface area contributed by atoms with Crippen LogP contribution < -0.4 is 5.32 Å². The van der Waals surface area contributed by atoms with Crippen molar-refractivity contribution in [2.24, 2.45) is 0 Å². The van der Waals surface area contributed by atoms with Crippen molar-refractivity contribution in [3.05, 3.63) is 59.2 Å². The Morgan fingerprint density at radius 2 is 1.96 bits per heavy atom. The maximum atomic E-state index is 12.7. The van der Waals surface area contributed by atoms with Gasteiger partial charge in [-0.2, -0.15) is 8.78 Å². The van der Waals surface area contributed by atoms with E-state index in [4.69, 9.17) is 4.74 Å². The summed E-state index contributed by atoms with van der Waals surface area (Å²) in [6.07, 6.45) is 0.306. The highest BCUT2D eigenvalue weighted by molar-refractivity contribution is 7.99. The van der Waals surface area contributed by atoms with Crippen molar-refractivity contribution >= 4 is 29.4 Å². The van der Waals surface area contributed by atoms with Crippen molar-refractivity contribution in [3.63, 3.8) is 0 Å². The lowest BCUT2D eigenvalue weighted by molar-refractivity contribution is 0.102. The highest BCUT2D eigenvalue weighted by Gasteiger charge is 2.22. The fourth-order valence-electron chi connectivity index (χ4n) is 2.97. The highest BCUT2D eigenvalue weighted by Crippen LogP contribution is 2.29. The van der Waals surface area contributed by atoms with Crippen LogP contribution in [0.5, 0.6) is 0 Å². The summed E-state index contributed by atoms with van der Waals surface area (Å²) in [5, 5.41) is 2.75. The number of hydrogen-bond donors (Lipinski definition) is 1. The lowest BCUT2D eigenvalue weighted by Gasteiger charge is -2.28. The standard InChI is InChI=1S/C19H18F2N2O3S/c1-26-19(25)23-9-8-12-6-7-14(10-13(12)11-23)22-17(24)15-4-2-3-5-16(15)27-18(20)21/h2-7,10,18H,8-9,11H2,1H3,(H,22,24). The second-order valence-electron chi connectivity index (χ2n) is 5.95. The van der Waals surface area contributed by atoms with Crippen molar-refractivity contribution in [2.45, 2.75) is 23.6 Å². The van der Waals surface area contributed by atoms with Gasteiger partial charge in [0.2, 0.25) is 0 Å². The molecule has 2 amide bonds. The third kappa shape index (κ3) is 4.57. The first-order valence-corrected chi connectivity index (χ1v) is 9.16. The fourth-order valence-corrected chi connectivity index (χ4v) is 3.61. The number of methoxy groups -OCH3 is 1. The molecule has 1 N–H and O–H groups in total. The number of rotatable bonds is 4. The van der Waals surface area contributed by atoms with Gasteiger partial charge in [-0.1, -0.05) is 30.0 Å². The molecule has 0 bridgehead atoms. The number of ether oxygens (including phenoxy) is 1. The van der Waals surface area contributed by atoms with Crippen LogP contribution in [0.3, 0.4) is 0 Å². The molecule has 27 heavy (non-hydrogen) atoms. The van der Waals surface area contributed by atoms with Crippen molar-refractivity contribution in [3.8, 4) is 0 Å². The number of nitrogens with zero attached hydrogens (tertiary/aromatic N) is 1. The third-order valence-corrected chi connectivity index (χ3v) is 5.05. The van der Waals surface area contributed by atoms with Crippen LogP contribution >= 0.6 is 11.8 Å². The summed E-state index contributed by atoms with van der Waals surface area (Å²) in [4.78, 5) is 26.1. The van der Waals surface area contributed by atoms with E-state index >= 15 is 0 Å². The first-order valence-electron chi connectivity index (χ1n) is 8.28. The number of benzene rings is 2. The van der Waals surface area contributed by atoms with Crippen molar-refractivity contribution in [1.29, 1.82) is 0 Å². The van der Waals surface area contributed by atoms with E-state index in [9.17, 15) is 18.4 Å². The van der Waals surface area contributed by atoms with Crippen molar-refractivity contribution in [2.75, 3.05) is 19.0 Å². The number of nitrogens with one attached hydrogen (secondary N) is 1. The number of carbonyl (C=O) groups excluding carboxylic acids is 2. The molecule has 0 unspecified atom stereocenters. The predicted octanol–water partition coefficient (Wildman–Crippen LogP) is 4.38. The molecular formula is C19H18F2N2O3S. The van der Waals surface area contributed by atoms with Crippen LogP contribution in [0.2, 0.25) is 0 Å². The smallest absolute Gasteiger partial charge is 0.409 e. The molecule has 0 saturated carbocycles. The van der Waals surface area contributed by atoms with Crippen LogP contribution in [0.1, 0.15) is 21.5 Å². The molecule has 0 spiro atoms. The van der Waals surface area contributed by atoms with E-state index in [-0.39, 0.29) is 10.5 Å². The number of hydrogen-bond acceptors (Lipinski definition) is 4. The minimum Gasteiger partial charge on any atom is -0.453 e. The maximum absolute atomic E-state index is 12.7. The second-order valence-corrected chi connectivity index (χ2v) is 6.99. The topological polar surface area (TPSA) is 58.6 Å². The zero-order valence-electron chi connectivity index (χ0n) is 14.6. The number of anilines is 1. The molecule has 0 aromatic heterocycles. The lowest BCUT2D eigenvalue weighted by atomic mass is 9.99. The zero-order valence-corrected chi connectivity index (χ0v) is 15.4. The summed E-state index contributed by atoms with van der Waals surface area (Å²) in [6, 6.07) is 11.7. The normalized spacial score (nSPS) is 13.3. The molecule has 1 heterocycles. The number of amides is 2. The third-order valence-electron chi connectivity index (χ3n) is 4.26. The molecule has 2 aromatic carbocycles. The van der Waals surface area contributed by atoms with Crippen LogP contribution in [-0.2, 0) is 17.7 Å². The molecule has 0 atom stereocenters. The van der Waals surface area contributed by atoms with E-state index in [1.165, 1.54) is 19.2 Å². The zero-order chi connectivity index (χ0) is 19.4. The van der Waals surface area contributed by atoms with E-state index in [1.807, 2.05) is 6.07 Å². The Balaban J connectivity index is 1.77. The Hall–Kier alpha value is -2.61.